The lowest BCUT2D eigenvalue weighted by molar-refractivity contribution is -0.145. The van der Waals surface area contributed by atoms with Crippen molar-refractivity contribution in [3.8, 4) is 5.75 Å². The normalized spacial score (nSPS) is 33.1. The van der Waals surface area contributed by atoms with Gasteiger partial charge in [-0.15, -0.1) is 0 Å². The summed E-state index contributed by atoms with van der Waals surface area (Å²) >= 11 is 0. The molecule has 2 aliphatic heterocycles. The van der Waals surface area contributed by atoms with Crippen molar-refractivity contribution in [2.75, 3.05) is 14.2 Å². The van der Waals surface area contributed by atoms with Crippen LogP contribution in [0, 0.1) is 5.92 Å². The van der Waals surface area contributed by atoms with Crippen LogP contribution in [0.2, 0.25) is 0 Å². The summed E-state index contributed by atoms with van der Waals surface area (Å²) in [5.41, 5.74) is 1.09. The average Bonchev–Trinajstić information content (AvgIpc) is 2.70. The van der Waals surface area contributed by atoms with Crippen LogP contribution in [0.25, 0.3) is 0 Å². The number of benzene rings is 1. The Hall–Kier alpha value is -1.55. The molecule has 0 unspecified atom stereocenters. The minimum Gasteiger partial charge on any atom is -0.497 e. The second-order valence-electron chi connectivity index (χ2n) is 5.95. The van der Waals surface area contributed by atoms with E-state index in [9.17, 15) is 9.90 Å². The number of carbonyl (C=O) groups is 1. The molecular formula is C16H21NO3. The van der Waals surface area contributed by atoms with E-state index in [2.05, 4.69) is 11.9 Å². The largest absolute Gasteiger partial charge is 0.497 e. The molecule has 0 amide bonds. The van der Waals surface area contributed by atoms with Crippen molar-refractivity contribution < 1.29 is 14.6 Å². The molecule has 3 rings (SSSR count). The van der Waals surface area contributed by atoms with Gasteiger partial charge in [0.05, 0.1) is 13.0 Å². The van der Waals surface area contributed by atoms with Crippen molar-refractivity contribution in [1.29, 1.82) is 0 Å². The van der Waals surface area contributed by atoms with E-state index in [0.717, 1.165) is 30.6 Å². The van der Waals surface area contributed by atoms with Crippen LogP contribution in [0.15, 0.2) is 24.3 Å². The number of carboxylic acid groups (broad SMARTS) is 1. The second kappa shape index (κ2) is 5.09. The standard InChI is InChI=1S/C16H21NO3/c1-17-11-6-7-14(17)15(13(9-11)16(18)19)10-4-3-5-12(8-10)20-2/h3-5,8,11,13-15H,6-7,9H2,1-2H3,(H,18,19)/t11-,13+,14+,15-/m0/s1. The molecule has 0 radical (unpaired) electrons. The van der Waals surface area contributed by atoms with Crippen LogP contribution in [0.5, 0.6) is 5.75 Å². The minimum absolute atomic E-state index is 0.0614. The Labute approximate surface area is 119 Å². The zero-order valence-electron chi connectivity index (χ0n) is 12.0. The van der Waals surface area contributed by atoms with Gasteiger partial charge in [-0.1, -0.05) is 12.1 Å². The highest BCUT2D eigenvalue weighted by molar-refractivity contribution is 5.72. The number of carboxylic acids is 1. The Morgan fingerprint density at radius 2 is 2.20 bits per heavy atom. The lowest BCUT2D eigenvalue weighted by atomic mass is 9.76. The molecule has 0 saturated carbocycles. The molecule has 1 N–H and O–H groups in total. The number of hydrogen-bond acceptors (Lipinski definition) is 3. The number of nitrogens with zero attached hydrogens (tertiary/aromatic N) is 1. The lowest BCUT2D eigenvalue weighted by Gasteiger charge is -2.41. The maximum Gasteiger partial charge on any atom is 0.307 e. The molecule has 20 heavy (non-hydrogen) atoms. The molecule has 4 nitrogen and oxygen atoms in total. The Morgan fingerprint density at radius 1 is 1.40 bits per heavy atom. The van der Waals surface area contributed by atoms with Crippen molar-refractivity contribution in [2.24, 2.45) is 5.92 Å². The Balaban J connectivity index is 1.99. The van der Waals surface area contributed by atoms with Gasteiger partial charge >= 0.3 is 5.97 Å². The van der Waals surface area contributed by atoms with Gasteiger partial charge < -0.3 is 9.84 Å². The van der Waals surface area contributed by atoms with Gasteiger partial charge in [-0.3, -0.25) is 9.69 Å². The van der Waals surface area contributed by atoms with Crippen molar-refractivity contribution >= 4 is 5.97 Å². The van der Waals surface area contributed by atoms with Gasteiger partial charge in [0.1, 0.15) is 5.75 Å². The first kappa shape index (κ1) is 13.4. The monoisotopic (exact) mass is 275 g/mol. The number of piperidine rings is 1. The first-order valence-corrected chi connectivity index (χ1v) is 7.20. The predicted octanol–water partition coefficient (Wildman–Crippen LogP) is 2.35. The number of ether oxygens (including phenoxy) is 1. The number of rotatable bonds is 3. The number of fused-ring (bicyclic) bond motifs is 2. The average molecular weight is 275 g/mol. The fraction of sp³-hybridized carbons (Fsp3) is 0.562. The summed E-state index contributed by atoms with van der Waals surface area (Å²) in [6.45, 7) is 0. The van der Waals surface area contributed by atoms with Crippen LogP contribution >= 0.6 is 0 Å². The van der Waals surface area contributed by atoms with Gasteiger partial charge in [0.2, 0.25) is 0 Å². The molecule has 1 aromatic rings. The fourth-order valence-electron chi connectivity index (χ4n) is 4.02. The summed E-state index contributed by atoms with van der Waals surface area (Å²) in [7, 11) is 3.78. The predicted molar refractivity (Wildman–Crippen MR) is 76.1 cm³/mol. The van der Waals surface area contributed by atoms with Crippen LogP contribution in [-0.4, -0.2) is 42.2 Å². The van der Waals surface area contributed by atoms with Gasteiger partial charge in [-0.05, 0) is 44.0 Å². The molecular weight excluding hydrogens is 254 g/mol. The van der Waals surface area contributed by atoms with Gasteiger partial charge in [0.15, 0.2) is 0 Å². The Morgan fingerprint density at radius 3 is 2.90 bits per heavy atom. The molecule has 0 aromatic heterocycles. The minimum atomic E-state index is -0.664. The van der Waals surface area contributed by atoms with E-state index < -0.39 is 5.97 Å². The molecule has 2 aliphatic rings. The summed E-state index contributed by atoms with van der Waals surface area (Å²) in [4.78, 5) is 14.0. The molecule has 2 saturated heterocycles. The van der Waals surface area contributed by atoms with Crippen LogP contribution in [-0.2, 0) is 4.79 Å². The van der Waals surface area contributed by atoms with Crippen molar-refractivity contribution in [3.63, 3.8) is 0 Å². The number of hydrogen-bond donors (Lipinski definition) is 1. The quantitative estimate of drug-likeness (QED) is 0.920. The maximum atomic E-state index is 11.7. The van der Waals surface area contributed by atoms with E-state index >= 15 is 0 Å². The first-order valence-electron chi connectivity index (χ1n) is 7.20. The fourth-order valence-corrected chi connectivity index (χ4v) is 4.02. The van der Waals surface area contributed by atoms with Gasteiger partial charge in [0.25, 0.3) is 0 Å². The van der Waals surface area contributed by atoms with E-state index in [1.807, 2.05) is 24.3 Å². The molecule has 2 bridgehead atoms. The van der Waals surface area contributed by atoms with Crippen molar-refractivity contribution in [3.05, 3.63) is 29.8 Å². The zero-order valence-corrected chi connectivity index (χ0v) is 12.0. The molecule has 1 aromatic carbocycles. The van der Waals surface area contributed by atoms with Crippen molar-refractivity contribution in [1.82, 2.24) is 4.90 Å². The van der Waals surface area contributed by atoms with Crippen LogP contribution in [0.4, 0.5) is 0 Å². The number of likely N-dealkylation sites (N-methyl/N-ethyl adjacent to an activating group) is 1. The summed E-state index contributed by atoms with van der Waals surface area (Å²) < 4.78 is 5.29. The zero-order chi connectivity index (χ0) is 14.3. The molecule has 4 atom stereocenters. The SMILES string of the molecule is COc1cccc([C@@H]2[C@H]3CC[C@@H](C[C@H]2C(=O)O)N3C)c1. The molecule has 2 heterocycles. The highest BCUT2D eigenvalue weighted by Crippen LogP contribution is 2.47. The second-order valence-corrected chi connectivity index (χ2v) is 5.95. The van der Waals surface area contributed by atoms with Crippen LogP contribution in [0.3, 0.4) is 0 Å². The molecule has 0 spiro atoms. The topological polar surface area (TPSA) is 49.8 Å². The summed E-state index contributed by atoms with van der Waals surface area (Å²) in [6, 6.07) is 8.66. The van der Waals surface area contributed by atoms with Gasteiger partial charge in [-0.25, -0.2) is 0 Å². The van der Waals surface area contributed by atoms with E-state index in [1.165, 1.54) is 0 Å². The van der Waals surface area contributed by atoms with E-state index in [4.69, 9.17) is 4.74 Å². The van der Waals surface area contributed by atoms with Crippen LogP contribution < -0.4 is 4.74 Å². The smallest absolute Gasteiger partial charge is 0.307 e. The number of aliphatic carboxylic acids is 1. The number of methoxy groups -OCH3 is 1. The Bertz CT molecular complexity index is 516. The molecule has 0 aliphatic carbocycles. The summed E-state index contributed by atoms with van der Waals surface area (Å²) in [6.07, 6.45) is 2.96. The maximum absolute atomic E-state index is 11.7. The highest BCUT2D eigenvalue weighted by Gasteiger charge is 2.48. The summed E-state index contributed by atoms with van der Waals surface area (Å²) in [5, 5.41) is 9.60. The third-order valence-electron chi connectivity index (χ3n) is 5.06. The van der Waals surface area contributed by atoms with E-state index in [-0.39, 0.29) is 11.8 Å². The molecule has 4 heteroatoms. The highest BCUT2D eigenvalue weighted by atomic mass is 16.5. The third-order valence-corrected chi connectivity index (χ3v) is 5.06. The first-order chi connectivity index (χ1) is 9.61. The van der Waals surface area contributed by atoms with Crippen molar-refractivity contribution in [2.45, 2.75) is 37.3 Å². The van der Waals surface area contributed by atoms with Crippen LogP contribution in [0.1, 0.15) is 30.7 Å². The third kappa shape index (κ3) is 2.08. The molecule has 2 fully saturated rings. The Kier molecular flexibility index (Phi) is 3.42. The van der Waals surface area contributed by atoms with Gasteiger partial charge in [-0.2, -0.15) is 0 Å². The van der Waals surface area contributed by atoms with E-state index in [1.54, 1.807) is 7.11 Å². The van der Waals surface area contributed by atoms with E-state index in [0.29, 0.717) is 12.1 Å². The summed E-state index contributed by atoms with van der Waals surface area (Å²) in [5.74, 6) is -0.0839. The van der Waals surface area contributed by atoms with Gasteiger partial charge in [0, 0.05) is 18.0 Å². The molecule has 108 valence electrons. The lowest BCUT2D eigenvalue weighted by Crippen LogP contribution is -2.47.